The van der Waals surface area contributed by atoms with Crippen LogP contribution in [-0.2, 0) is 21.4 Å². The zero-order valence-electron chi connectivity index (χ0n) is 18.4. The average molecular weight is 446 g/mol. The van der Waals surface area contributed by atoms with E-state index in [1.807, 2.05) is 55.1 Å². The Labute approximate surface area is 185 Å². The first-order valence-corrected chi connectivity index (χ1v) is 12.0. The topological polar surface area (TPSA) is 79.0 Å². The van der Waals surface area contributed by atoms with Gasteiger partial charge in [0.15, 0.2) is 0 Å². The summed E-state index contributed by atoms with van der Waals surface area (Å²) in [5, 5.41) is 2.97. The molecule has 1 aliphatic rings. The van der Waals surface area contributed by atoms with E-state index in [9.17, 15) is 13.2 Å². The second-order valence-electron chi connectivity index (χ2n) is 7.85. The summed E-state index contributed by atoms with van der Waals surface area (Å²) < 4.78 is 32.6. The third-order valence-corrected chi connectivity index (χ3v) is 7.61. The number of rotatable bonds is 7. The van der Waals surface area contributed by atoms with Crippen LogP contribution in [0.25, 0.3) is 0 Å². The molecule has 1 heterocycles. The number of methoxy groups -OCH3 is 1. The van der Waals surface area contributed by atoms with Crippen LogP contribution in [0.15, 0.2) is 53.4 Å². The Morgan fingerprint density at radius 1 is 1.03 bits per heavy atom. The van der Waals surface area contributed by atoms with Crippen molar-refractivity contribution in [2.45, 2.75) is 37.8 Å². The maximum Gasteiger partial charge on any atom is 0.243 e. The molecule has 1 aliphatic heterocycles. The van der Waals surface area contributed by atoms with Crippen molar-refractivity contribution >= 4 is 15.9 Å². The van der Waals surface area contributed by atoms with E-state index in [0.29, 0.717) is 44.0 Å². The quantitative estimate of drug-likeness (QED) is 0.708. The van der Waals surface area contributed by atoms with Gasteiger partial charge in [0.25, 0.3) is 0 Å². The molecule has 8 heteroatoms. The average Bonchev–Trinajstić information content (AvgIpc) is 3.04. The fourth-order valence-corrected chi connectivity index (χ4v) is 5.12. The Kier molecular flexibility index (Phi) is 7.69. The lowest BCUT2D eigenvalue weighted by Crippen LogP contribution is -2.46. The van der Waals surface area contributed by atoms with Crippen molar-refractivity contribution in [1.29, 1.82) is 0 Å². The molecule has 2 aromatic rings. The largest absolute Gasteiger partial charge is 0.497 e. The minimum atomic E-state index is -3.53. The number of amides is 1. The summed E-state index contributed by atoms with van der Waals surface area (Å²) in [5.74, 6) is 0.712. The molecule has 0 aromatic heterocycles. The second-order valence-corrected chi connectivity index (χ2v) is 9.79. The molecular formula is C23H31N3O4S. The van der Waals surface area contributed by atoms with Gasteiger partial charge >= 0.3 is 0 Å². The highest BCUT2D eigenvalue weighted by atomic mass is 32.2. The lowest BCUT2D eigenvalue weighted by molar-refractivity contribution is -0.126. The summed E-state index contributed by atoms with van der Waals surface area (Å²) in [5.41, 5.74) is 2.02. The SMILES string of the molecule is COc1ccc(CNC(=O)[C@@H](C)N2CCCN(S(=O)(=O)c3ccc(C)cc3)CC2)cc1. The molecule has 168 valence electrons. The molecule has 0 spiro atoms. The van der Waals surface area contributed by atoms with Crippen LogP contribution in [-0.4, -0.2) is 62.9 Å². The van der Waals surface area contributed by atoms with Crippen LogP contribution in [0, 0.1) is 6.92 Å². The number of nitrogens with zero attached hydrogens (tertiary/aromatic N) is 2. The molecule has 0 bridgehead atoms. The third kappa shape index (κ3) is 5.84. The van der Waals surface area contributed by atoms with Crippen molar-refractivity contribution in [2.75, 3.05) is 33.3 Å². The minimum absolute atomic E-state index is 0.0642. The van der Waals surface area contributed by atoms with Gasteiger partial charge in [-0.2, -0.15) is 4.31 Å². The van der Waals surface area contributed by atoms with E-state index in [1.165, 1.54) is 4.31 Å². The Bertz CT molecular complexity index is 975. The molecule has 0 unspecified atom stereocenters. The van der Waals surface area contributed by atoms with Gasteiger partial charge in [-0.15, -0.1) is 0 Å². The second kappa shape index (κ2) is 10.3. The molecule has 0 saturated carbocycles. The summed E-state index contributed by atoms with van der Waals surface area (Å²) in [6, 6.07) is 14.2. The Hall–Kier alpha value is -2.42. The van der Waals surface area contributed by atoms with Gasteiger partial charge in [-0.05, 0) is 50.1 Å². The highest BCUT2D eigenvalue weighted by Crippen LogP contribution is 2.19. The normalized spacial score (nSPS) is 17.0. The molecule has 0 aliphatic carbocycles. The number of aryl methyl sites for hydroxylation is 1. The molecule has 1 atom stereocenters. The lowest BCUT2D eigenvalue weighted by atomic mass is 10.2. The summed E-state index contributed by atoms with van der Waals surface area (Å²) in [6.45, 7) is 6.25. The van der Waals surface area contributed by atoms with Crippen molar-refractivity contribution < 1.29 is 17.9 Å². The maximum absolute atomic E-state index is 13.0. The van der Waals surface area contributed by atoms with Gasteiger partial charge in [0.2, 0.25) is 15.9 Å². The summed E-state index contributed by atoms with van der Waals surface area (Å²) >= 11 is 0. The third-order valence-electron chi connectivity index (χ3n) is 5.70. The van der Waals surface area contributed by atoms with Crippen LogP contribution < -0.4 is 10.1 Å². The Morgan fingerprint density at radius 2 is 1.71 bits per heavy atom. The van der Waals surface area contributed by atoms with Gasteiger partial charge in [-0.3, -0.25) is 9.69 Å². The molecule has 7 nitrogen and oxygen atoms in total. The number of hydrogen-bond acceptors (Lipinski definition) is 5. The van der Waals surface area contributed by atoms with E-state index in [1.54, 1.807) is 19.2 Å². The van der Waals surface area contributed by atoms with Crippen LogP contribution in [0.2, 0.25) is 0 Å². The van der Waals surface area contributed by atoms with Crippen LogP contribution in [0.5, 0.6) is 5.75 Å². The zero-order chi connectivity index (χ0) is 22.4. The molecule has 2 aromatic carbocycles. The summed E-state index contributed by atoms with van der Waals surface area (Å²) in [4.78, 5) is 15.0. The molecule has 1 saturated heterocycles. The minimum Gasteiger partial charge on any atom is -0.497 e. The number of sulfonamides is 1. The number of carbonyl (C=O) groups is 1. The van der Waals surface area contributed by atoms with E-state index in [2.05, 4.69) is 5.32 Å². The highest BCUT2D eigenvalue weighted by Gasteiger charge is 2.29. The first-order valence-electron chi connectivity index (χ1n) is 10.5. The van der Waals surface area contributed by atoms with Crippen molar-refractivity contribution in [3.63, 3.8) is 0 Å². The molecule has 3 rings (SSSR count). The van der Waals surface area contributed by atoms with E-state index in [0.717, 1.165) is 16.9 Å². The van der Waals surface area contributed by atoms with E-state index >= 15 is 0 Å². The predicted octanol–water partition coefficient (Wildman–Crippen LogP) is 2.40. The van der Waals surface area contributed by atoms with Crippen molar-refractivity contribution in [3.8, 4) is 5.75 Å². The van der Waals surface area contributed by atoms with Gasteiger partial charge < -0.3 is 10.1 Å². The zero-order valence-corrected chi connectivity index (χ0v) is 19.2. The van der Waals surface area contributed by atoms with Gasteiger partial charge in [-0.25, -0.2) is 8.42 Å². The maximum atomic E-state index is 13.0. The van der Waals surface area contributed by atoms with Gasteiger partial charge in [0.1, 0.15) is 5.75 Å². The number of carbonyl (C=O) groups excluding carboxylic acids is 1. The number of ether oxygens (including phenoxy) is 1. The Morgan fingerprint density at radius 3 is 2.35 bits per heavy atom. The number of hydrogen-bond donors (Lipinski definition) is 1. The summed E-state index contributed by atoms with van der Waals surface area (Å²) in [6.07, 6.45) is 0.682. The Balaban J connectivity index is 1.56. The van der Waals surface area contributed by atoms with E-state index in [4.69, 9.17) is 4.74 Å². The van der Waals surface area contributed by atoms with Crippen LogP contribution in [0.1, 0.15) is 24.5 Å². The van der Waals surface area contributed by atoms with Gasteiger partial charge in [-0.1, -0.05) is 29.8 Å². The first kappa shape index (κ1) is 23.2. The molecule has 1 amide bonds. The smallest absolute Gasteiger partial charge is 0.243 e. The highest BCUT2D eigenvalue weighted by molar-refractivity contribution is 7.89. The van der Waals surface area contributed by atoms with E-state index in [-0.39, 0.29) is 11.9 Å². The van der Waals surface area contributed by atoms with Gasteiger partial charge in [0.05, 0.1) is 18.0 Å². The van der Waals surface area contributed by atoms with Gasteiger partial charge in [0, 0.05) is 32.7 Å². The fourth-order valence-electron chi connectivity index (χ4n) is 3.65. The molecule has 1 fully saturated rings. The van der Waals surface area contributed by atoms with Crippen molar-refractivity contribution in [1.82, 2.24) is 14.5 Å². The van der Waals surface area contributed by atoms with Crippen LogP contribution in [0.4, 0.5) is 0 Å². The number of nitrogens with one attached hydrogen (secondary N) is 1. The monoisotopic (exact) mass is 445 g/mol. The van der Waals surface area contributed by atoms with Crippen molar-refractivity contribution in [3.05, 3.63) is 59.7 Å². The van der Waals surface area contributed by atoms with Crippen molar-refractivity contribution in [2.24, 2.45) is 0 Å². The molecule has 31 heavy (non-hydrogen) atoms. The molecule has 0 radical (unpaired) electrons. The van der Waals surface area contributed by atoms with Crippen LogP contribution >= 0.6 is 0 Å². The lowest BCUT2D eigenvalue weighted by Gasteiger charge is -2.27. The predicted molar refractivity (Wildman–Crippen MR) is 120 cm³/mol. The standard InChI is InChI=1S/C23H31N3O4S/c1-18-5-11-22(12-6-18)31(28,29)26-14-4-13-25(15-16-26)19(2)23(27)24-17-20-7-9-21(30-3)10-8-20/h5-12,19H,4,13-17H2,1-3H3,(H,24,27)/t19-/m1/s1. The van der Waals surface area contributed by atoms with Crippen LogP contribution in [0.3, 0.4) is 0 Å². The summed E-state index contributed by atoms with van der Waals surface area (Å²) in [7, 11) is -1.91. The fraction of sp³-hybridized carbons (Fsp3) is 0.435. The molecule has 1 N–H and O–H groups in total. The first-order chi connectivity index (χ1) is 14.8. The molecular weight excluding hydrogens is 414 g/mol. The van der Waals surface area contributed by atoms with E-state index < -0.39 is 10.0 Å². The number of benzene rings is 2.